The number of benzene rings is 1. The Balaban J connectivity index is 2.03. The van der Waals surface area contributed by atoms with Gasteiger partial charge in [0.15, 0.2) is 0 Å². The van der Waals surface area contributed by atoms with Gasteiger partial charge in [0.05, 0.1) is 0 Å². The van der Waals surface area contributed by atoms with Crippen molar-refractivity contribution < 1.29 is 9.59 Å². The molecule has 0 bridgehead atoms. The summed E-state index contributed by atoms with van der Waals surface area (Å²) in [6, 6.07) is 7.07. The number of nitrogens with zero attached hydrogens (tertiary/aromatic N) is 1. The maximum absolute atomic E-state index is 12.3. The molecule has 0 spiro atoms. The molecule has 1 aromatic rings. The van der Waals surface area contributed by atoms with Crippen molar-refractivity contribution in [3.8, 4) is 0 Å². The molecule has 110 valence electrons. The first-order valence-corrected chi connectivity index (χ1v) is 7.20. The number of allylic oxidation sites excluding steroid dienone is 3. The van der Waals surface area contributed by atoms with Gasteiger partial charge in [-0.15, -0.1) is 0 Å². The van der Waals surface area contributed by atoms with Crippen molar-refractivity contribution in [1.82, 2.24) is 4.90 Å². The van der Waals surface area contributed by atoms with Crippen molar-refractivity contribution in [2.24, 2.45) is 0 Å². The van der Waals surface area contributed by atoms with E-state index in [0.29, 0.717) is 11.3 Å². The highest BCUT2D eigenvalue weighted by Crippen LogP contribution is 2.16. The van der Waals surface area contributed by atoms with Crippen LogP contribution in [0.2, 0.25) is 0 Å². The van der Waals surface area contributed by atoms with Gasteiger partial charge in [-0.05, 0) is 38.0 Å². The van der Waals surface area contributed by atoms with E-state index in [1.807, 2.05) is 17.9 Å². The Morgan fingerprint density at radius 2 is 1.95 bits per heavy atom. The van der Waals surface area contributed by atoms with E-state index in [1.54, 1.807) is 36.4 Å². The van der Waals surface area contributed by atoms with E-state index in [4.69, 9.17) is 0 Å². The molecule has 0 aliphatic carbocycles. The molecule has 1 aliphatic rings. The van der Waals surface area contributed by atoms with Gasteiger partial charge in [0.25, 0.3) is 5.91 Å². The molecule has 2 rings (SSSR count). The normalized spacial score (nSPS) is 15.0. The number of amides is 2. The molecule has 1 fully saturated rings. The molecule has 0 saturated carbocycles. The second-order valence-electron chi connectivity index (χ2n) is 4.95. The van der Waals surface area contributed by atoms with Crippen LogP contribution in [0.3, 0.4) is 0 Å². The van der Waals surface area contributed by atoms with E-state index < -0.39 is 0 Å². The molecule has 4 heteroatoms. The summed E-state index contributed by atoms with van der Waals surface area (Å²) in [6.07, 6.45) is 8.89. The maximum atomic E-state index is 12.3. The predicted octanol–water partition coefficient (Wildman–Crippen LogP) is 2.99. The van der Waals surface area contributed by atoms with Crippen LogP contribution in [0.25, 0.3) is 0 Å². The minimum Gasteiger partial charge on any atom is -0.339 e. The van der Waals surface area contributed by atoms with Crippen LogP contribution in [0.4, 0.5) is 5.69 Å². The highest BCUT2D eigenvalue weighted by Gasteiger charge is 2.19. The minimum absolute atomic E-state index is 0.0352. The monoisotopic (exact) mass is 284 g/mol. The first-order chi connectivity index (χ1) is 10.2. The average molecular weight is 284 g/mol. The summed E-state index contributed by atoms with van der Waals surface area (Å²) < 4.78 is 0. The number of likely N-dealkylation sites (tertiary alicyclic amines) is 1. The van der Waals surface area contributed by atoms with Crippen molar-refractivity contribution in [2.75, 3.05) is 18.4 Å². The number of anilines is 1. The Morgan fingerprint density at radius 3 is 2.67 bits per heavy atom. The third kappa shape index (κ3) is 4.31. The fraction of sp³-hybridized carbons (Fsp3) is 0.294. The molecular weight excluding hydrogens is 264 g/mol. The molecule has 1 N–H and O–H groups in total. The second kappa shape index (κ2) is 7.43. The summed E-state index contributed by atoms with van der Waals surface area (Å²) in [6.45, 7) is 3.53. The van der Waals surface area contributed by atoms with Gasteiger partial charge < -0.3 is 10.2 Å². The van der Waals surface area contributed by atoms with Crippen LogP contribution in [0, 0.1) is 0 Å². The molecule has 0 radical (unpaired) electrons. The van der Waals surface area contributed by atoms with Crippen molar-refractivity contribution in [3.05, 3.63) is 54.1 Å². The summed E-state index contributed by atoms with van der Waals surface area (Å²) in [5, 5.41) is 2.76. The first kappa shape index (κ1) is 15.0. The van der Waals surface area contributed by atoms with Crippen molar-refractivity contribution in [2.45, 2.75) is 19.8 Å². The Kier molecular flexibility index (Phi) is 5.32. The van der Waals surface area contributed by atoms with Gasteiger partial charge in [-0.2, -0.15) is 0 Å². The number of nitrogens with one attached hydrogen (secondary N) is 1. The molecule has 1 aromatic carbocycles. The van der Waals surface area contributed by atoms with Crippen LogP contribution in [0.5, 0.6) is 0 Å². The molecule has 0 unspecified atom stereocenters. The van der Waals surface area contributed by atoms with Crippen LogP contribution in [0.15, 0.2) is 48.6 Å². The lowest BCUT2D eigenvalue weighted by Gasteiger charge is -2.15. The summed E-state index contributed by atoms with van der Waals surface area (Å²) in [5.41, 5.74) is 1.25. The van der Waals surface area contributed by atoms with E-state index in [1.165, 1.54) is 6.08 Å². The zero-order valence-electron chi connectivity index (χ0n) is 12.2. The van der Waals surface area contributed by atoms with Crippen LogP contribution in [-0.2, 0) is 4.79 Å². The topological polar surface area (TPSA) is 49.4 Å². The summed E-state index contributed by atoms with van der Waals surface area (Å²) in [5.74, 6) is -0.174. The van der Waals surface area contributed by atoms with Crippen molar-refractivity contribution in [3.63, 3.8) is 0 Å². The van der Waals surface area contributed by atoms with E-state index in [9.17, 15) is 9.59 Å². The van der Waals surface area contributed by atoms with Gasteiger partial charge in [0.1, 0.15) is 0 Å². The largest absolute Gasteiger partial charge is 0.339 e. The first-order valence-electron chi connectivity index (χ1n) is 7.20. The predicted molar refractivity (Wildman–Crippen MR) is 84.2 cm³/mol. The van der Waals surface area contributed by atoms with E-state index in [2.05, 4.69) is 5.32 Å². The highest BCUT2D eigenvalue weighted by atomic mass is 16.2. The number of rotatable bonds is 4. The zero-order chi connectivity index (χ0) is 15.1. The Morgan fingerprint density at radius 1 is 1.19 bits per heavy atom. The summed E-state index contributed by atoms with van der Waals surface area (Å²) in [4.78, 5) is 25.8. The average Bonchev–Trinajstić information content (AvgIpc) is 3.01. The van der Waals surface area contributed by atoms with Gasteiger partial charge in [-0.1, -0.05) is 24.3 Å². The van der Waals surface area contributed by atoms with Crippen LogP contribution < -0.4 is 5.32 Å². The molecule has 1 heterocycles. The maximum Gasteiger partial charge on any atom is 0.253 e. The van der Waals surface area contributed by atoms with Crippen molar-refractivity contribution >= 4 is 17.5 Å². The number of carbonyl (C=O) groups excluding carboxylic acids is 2. The number of hydrogen-bond acceptors (Lipinski definition) is 2. The minimum atomic E-state index is -0.209. The number of hydrogen-bond donors (Lipinski definition) is 1. The summed E-state index contributed by atoms with van der Waals surface area (Å²) >= 11 is 0. The van der Waals surface area contributed by atoms with Gasteiger partial charge in [0.2, 0.25) is 5.91 Å². The Labute approximate surface area is 125 Å². The lowest BCUT2D eigenvalue weighted by Crippen LogP contribution is -2.27. The molecule has 2 amide bonds. The van der Waals surface area contributed by atoms with Gasteiger partial charge in [-0.25, -0.2) is 0 Å². The lowest BCUT2D eigenvalue weighted by molar-refractivity contribution is -0.111. The quantitative estimate of drug-likeness (QED) is 0.682. The summed E-state index contributed by atoms with van der Waals surface area (Å²) in [7, 11) is 0. The molecule has 1 aliphatic heterocycles. The standard InChI is InChI=1S/C17H20N2O2/c1-2-3-4-10-16(20)18-15-9-7-8-14(13-15)17(21)19-11-5-6-12-19/h2-4,7-10,13H,5-6,11-12H2,1H3,(H,18,20)/b3-2+,10-4-. The zero-order valence-corrected chi connectivity index (χ0v) is 12.2. The SMILES string of the molecule is C/C=C/C=C\C(=O)Nc1cccc(C(=O)N2CCCC2)c1. The lowest BCUT2D eigenvalue weighted by atomic mass is 10.1. The smallest absolute Gasteiger partial charge is 0.253 e. The van der Waals surface area contributed by atoms with Gasteiger partial charge in [0, 0.05) is 30.4 Å². The van der Waals surface area contributed by atoms with Gasteiger partial charge >= 0.3 is 0 Å². The molecule has 0 atom stereocenters. The van der Waals surface area contributed by atoms with Crippen LogP contribution >= 0.6 is 0 Å². The molecule has 1 saturated heterocycles. The fourth-order valence-electron chi connectivity index (χ4n) is 2.27. The second-order valence-corrected chi connectivity index (χ2v) is 4.95. The Hall–Kier alpha value is -2.36. The van der Waals surface area contributed by atoms with Crippen LogP contribution in [-0.4, -0.2) is 29.8 Å². The van der Waals surface area contributed by atoms with Gasteiger partial charge in [-0.3, -0.25) is 9.59 Å². The fourth-order valence-corrected chi connectivity index (χ4v) is 2.27. The molecule has 0 aromatic heterocycles. The number of carbonyl (C=O) groups is 2. The van der Waals surface area contributed by atoms with Crippen LogP contribution in [0.1, 0.15) is 30.1 Å². The third-order valence-electron chi connectivity index (χ3n) is 3.32. The third-order valence-corrected chi connectivity index (χ3v) is 3.32. The molecule has 21 heavy (non-hydrogen) atoms. The van der Waals surface area contributed by atoms with E-state index >= 15 is 0 Å². The molecular formula is C17H20N2O2. The van der Waals surface area contributed by atoms with Crippen molar-refractivity contribution in [1.29, 1.82) is 0 Å². The Bertz CT molecular complexity index is 570. The molecule has 4 nitrogen and oxygen atoms in total. The van der Waals surface area contributed by atoms with E-state index in [-0.39, 0.29) is 11.8 Å². The highest BCUT2D eigenvalue weighted by molar-refractivity contribution is 6.01. The van der Waals surface area contributed by atoms with E-state index in [0.717, 1.165) is 25.9 Å².